The summed E-state index contributed by atoms with van der Waals surface area (Å²) in [5.74, 6) is -0.162. The van der Waals surface area contributed by atoms with Crippen LogP contribution in [0.1, 0.15) is 64.3 Å². The normalized spacial score (nSPS) is 22.4. The van der Waals surface area contributed by atoms with E-state index in [4.69, 9.17) is 0 Å². The predicted octanol–water partition coefficient (Wildman–Crippen LogP) is 5.63. The minimum Gasteiger partial charge on any atom is -0.314 e. The predicted molar refractivity (Wildman–Crippen MR) is 158 cm³/mol. The number of nitrogens with zero attached hydrogens (tertiary/aromatic N) is 3. The van der Waals surface area contributed by atoms with Crippen molar-refractivity contribution in [3.8, 4) is 0 Å². The smallest absolute Gasteiger partial charge is 0.123 e. The van der Waals surface area contributed by atoms with Gasteiger partial charge in [-0.1, -0.05) is 77.9 Å². The molecule has 0 aliphatic carbocycles. The summed E-state index contributed by atoms with van der Waals surface area (Å²) in [7, 11) is 2.25. The molecule has 2 saturated heterocycles. The molecule has 0 spiro atoms. The van der Waals surface area contributed by atoms with Gasteiger partial charge in [-0.15, -0.1) is 0 Å². The van der Waals surface area contributed by atoms with Crippen LogP contribution in [0.3, 0.4) is 0 Å². The number of hydrogen-bond donors (Lipinski definition) is 1. The first-order valence-corrected chi connectivity index (χ1v) is 14.6. The van der Waals surface area contributed by atoms with E-state index in [1.807, 2.05) is 12.1 Å². The maximum absolute atomic E-state index is 13.6. The summed E-state index contributed by atoms with van der Waals surface area (Å²) in [4.78, 5) is 7.92. The highest BCUT2D eigenvalue weighted by Crippen LogP contribution is 2.36. The molecular weight excluding hydrogens is 471 g/mol. The Bertz CT molecular complexity index is 1020. The van der Waals surface area contributed by atoms with E-state index >= 15 is 0 Å². The number of rotatable bonds is 7. The Morgan fingerprint density at radius 3 is 2.08 bits per heavy atom. The third-order valence-corrected chi connectivity index (χ3v) is 8.72. The van der Waals surface area contributed by atoms with Crippen LogP contribution in [0.4, 0.5) is 4.39 Å². The Morgan fingerprint density at radius 2 is 1.45 bits per heavy atom. The van der Waals surface area contributed by atoms with Crippen LogP contribution in [-0.4, -0.2) is 79.6 Å². The van der Waals surface area contributed by atoms with Crippen molar-refractivity contribution in [1.82, 2.24) is 20.0 Å². The molecule has 0 aromatic heterocycles. The Labute approximate surface area is 231 Å². The summed E-state index contributed by atoms with van der Waals surface area (Å²) in [6.07, 6.45) is 2.01. The lowest BCUT2D eigenvalue weighted by Gasteiger charge is -2.49. The second-order valence-electron chi connectivity index (χ2n) is 13.8. The maximum Gasteiger partial charge on any atom is 0.123 e. The van der Waals surface area contributed by atoms with E-state index in [-0.39, 0.29) is 16.6 Å². The van der Waals surface area contributed by atoms with Gasteiger partial charge in [-0.3, -0.25) is 9.80 Å². The Balaban J connectivity index is 1.61. The number of likely N-dealkylation sites (N-methyl/N-ethyl adjacent to an activating group) is 1. The summed E-state index contributed by atoms with van der Waals surface area (Å²) >= 11 is 0. The largest absolute Gasteiger partial charge is 0.314 e. The van der Waals surface area contributed by atoms with Gasteiger partial charge in [0, 0.05) is 63.9 Å². The first kappa shape index (κ1) is 29.2. The van der Waals surface area contributed by atoms with Gasteiger partial charge in [-0.2, -0.15) is 0 Å². The highest BCUT2D eigenvalue weighted by atomic mass is 19.1. The minimum atomic E-state index is -0.162. The zero-order valence-electron chi connectivity index (χ0n) is 24.9. The van der Waals surface area contributed by atoms with E-state index in [0.29, 0.717) is 18.1 Å². The zero-order valence-corrected chi connectivity index (χ0v) is 24.9. The van der Waals surface area contributed by atoms with Crippen LogP contribution in [0, 0.1) is 16.6 Å². The van der Waals surface area contributed by atoms with Crippen LogP contribution >= 0.6 is 0 Å². The van der Waals surface area contributed by atoms with Crippen LogP contribution in [0.5, 0.6) is 0 Å². The molecule has 0 radical (unpaired) electrons. The molecule has 2 heterocycles. The number of hydrogen-bond acceptors (Lipinski definition) is 4. The summed E-state index contributed by atoms with van der Waals surface area (Å²) in [6.45, 7) is 21.8. The Hall–Kier alpha value is -1.79. The molecular formula is C33H51FN4. The molecule has 2 aliphatic rings. The number of nitrogens with one attached hydrogen (secondary N) is 1. The van der Waals surface area contributed by atoms with Crippen molar-refractivity contribution in [2.75, 3.05) is 52.9 Å². The third kappa shape index (κ3) is 7.44. The third-order valence-electron chi connectivity index (χ3n) is 8.72. The van der Waals surface area contributed by atoms with Crippen molar-refractivity contribution in [2.45, 2.75) is 72.5 Å². The van der Waals surface area contributed by atoms with Gasteiger partial charge in [0.2, 0.25) is 0 Å². The molecule has 3 atom stereocenters. The van der Waals surface area contributed by atoms with Crippen LogP contribution in [0.2, 0.25) is 0 Å². The van der Waals surface area contributed by atoms with E-state index < -0.39 is 0 Å². The summed E-state index contributed by atoms with van der Waals surface area (Å²) in [5, 5.41) is 3.52. The SMILES string of the molecule is CN1CCN(C(Cc2ccc(F)cc2)C(C)(C)C)C(c2cccc(CC(N3CCNCC3)C(C)(C)C)c2)C1. The fraction of sp³-hybridized carbons (Fsp3) is 0.636. The van der Waals surface area contributed by atoms with E-state index in [1.54, 1.807) is 12.1 Å². The molecule has 210 valence electrons. The minimum absolute atomic E-state index is 0.0970. The van der Waals surface area contributed by atoms with E-state index in [2.05, 4.69) is 92.9 Å². The average molecular weight is 523 g/mol. The van der Waals surface area contributed by atoms with E-state index in [1.165, 1.54) is 16.7 Å². The highest BCUT2D eigenvalue weighted by molar-refractivity contribution is 5.29. The van der Waals surface area contributed by atoms with Gasteiger partial charge in [0.05, 0.1) is 0 Å². The molecule has 0 amide bonds. The number of benzene rings is 2. The van der Waals surface area contributed by atoms with Crippen molar-refractivity contribution in [3.63, 3.8) is 0 Å². The van der Waals surface area contributed by atoms with Gasteiger partial charge in [-0.05, 0) is 59.5 Å². The van der Waals surface area contributed by atoms with Crippen molar-refractivity contribution in [3.05, 3.63) is 71.0 Å². The molecule has 2 fully saturated rings. The van der Waals surface area contributed by atoms with Gasteiger partial charge >= 0.3 is 0 Å². The Kier molecular flexibility index (Phi) is 9.34. The molecule has 2 aromatic rings. The highest BCUT2D eigenvalue weighted by Gasteiger charge is 2.38. The molecule has 4 nitrogen and oxygen atoms in total. The maximum atomic E-state index is 13.6. The van der Waals surface area contributed by atoms with E-state index in [9.17, 15) is 4.39 Å². The van der Waals surface area contributed by atoms with Crippen LogP contribution in [0.15, 0.2) is 48.5 Å². The first-order valence-electron chi connectivity index (χ1n) is 14.6. The average Bonchev–Trinajstić information content (AvgIpc) is 2.86. The van der Waals surface area contributed by atoms with Crippen LogP contribution < -0.4 is 5.32 Å². The molecule has 0 saturated carbocycles. The molecule has 38 heavy (non-hydrogen) atoms. The van der Waals surface area contributed by atoms with Gasteiger partial charge < -0.3 is 10.2 Å². The van der Waals surface area contributed by atoms with Gasteiger partial charge in [-0.25, -0.2) is 4.39 Å². The van der Waals surface area contributed by atoms with Crippen molar-refractivity contribution in [1.29, 1.82) is 0 Å². The molecule has 5 heteroatoms. The summed E-state index contributed by atoms with van der Waals surface area (Å²) in [6, 6.07) is 17.8. The quantitative estimate of drug-likeness (QED) is 0.508. The lowest BCUT2D eigenvalue weighted by atomic mass is 9.79. The summed E-state index contributed by atoms with van der Waals surface area (Å²) < 4.78 is 13.6. The second-order valence-corrected chi connectivity index (χ2v) is 13.8. The molecule has 2 aliphatic heterocycles. The van der Waals surface area contributed by atoms with Crippen molar-refractivity contribution < 1.29 is 4.39 Å². The molecule has 2 aromatic carbocycles. The van der Waals surface area contributed by atoms with Gasteiger partial charge in [0.15, 0.2) is 0 Å². The first-order chi connectivity index (χ1) is 17.9. The topological polar surface area (TPSA) is 21.8 Å². The number of halogens is 1. The fourth-order valence-electron chi connectivity index (χ4n) is 6.50. The second kappa shape index (κ2) is 12.2. The molecule has 4 rings (SSSR count). The standard InChI is InChI=1S/C33H51FN4/c1-32(2,3)30(37-17-15-35-16-18-37)23-26-9-8-10-27(21-26)29-24-36(7)19-20-38(29)31(33(4,5)6)22-25-11-13-28(34)14-12-25/h8-14,21,29-31,35H,15-20,22-24H2,1-7H3. The monoisotopic (exact) mass is 522 g/mol. The van der Waals surface area contributed by atoms with Crippen molar-refractivity contribution in [2.24, 2.45) is 10.8 Å². The molecule has 3 unspecified atom stereocenters. The number of piperazine rings is 2. The fourth-order valence-corrected chi connectivity index (χ4v) is 6.50. The lowest BCUT2D eigenvalue weighted by molar-refractivity contribution is 0.00649. The Morgan fingerprint density at radius 1 is 0.816 bits per heavy atom. The van der Waals surface area contributed by atoms with Crippen molar-refractivity contribution >= 4 is 0 Å². The van der Waals surface area contributed by atoms with Crippen LogP contribution in [-0.2, 0) is 12.8 Å². The molecule has 1 N–H and O–H groups in total. The van der Waals surface area contributed by atoms with Crippen LogP contribution in [0.25, 0.3) is 0 Å². The summed E-state index contributed by atoms with van der Waals surface area (Å²) in [5.41, 5.74) is 4.40. The molecule has 0 bridgehead atoms. The van der Waals surface area contributed by atoms with E-state index in [0.717, 1.165) is 58.7 Å². The van der Waals surface area contributed by atoms with Gasteiger partial charge in [0.25, 0.3) is 0 Å². The van der Waals surface area contributed by atoms with Gasteiger partial charge in [0.1, 0.15) is 5.82 Å². The lowest BCUT2D eigenvalue weighted by Crippen LogP contribution is -2.55. The zero-order chi connectivity index (χ0) is 27.5.